The monoisotopic (exact) mass is 373 g/mol. The lowest BCUT2D eigenvalue weighted by Gasteiger charge is -2.11. The van der Waals surface area contributed by atoms with Crippen molar-refractivity contribution in [3.8, 4) is 5.69 Å². The first-order valence-electron chi connectivity index (χ1n) is 8.54. The summed E-state index contributed by atoms with van der Waals surface area (Å²) >= 11 is 0. The van der Waals surface area contributed by atoms with Crippen LogP contribution in [0.3, 0.4) is 0 Å². The molecule has 0 radical (unpaired) electrons. The summed E-state index contributed by atoms with van der Waals surface area (Å²) in [6, 6.07) is 17.4. The topological polar surface area (TPSA) is 91.2 Å². The van der Waals surface area contributed by atoms with Crippen molar-refractivity contribution in [1.29, 1.82) is 0 Å². The predicted octanol–water partition coefficient (Wildman–Crippen LogP) is 4.37. The standard InChI is InChI=1S/C21H15N3O4/c1-14-6-8-15(9-7-14)23-19(12-10-16-11-13-20(28-16)24(26)27)22-18-5-3-2-4-17(18)21(23)25/h2-13H,1H3. The molecular formula is C21H15N3O4. The van der Waals surface area contributed by atoms with Crippen LogP contribution in [0.25, 0.3) is 28.7 Å². The van der Waals surface area contributed by atoms with Crippen molar-refractivity contribution in [2.24, 2.45) is 0 Å². The minimum atomic E-state index is -0.603. The summed E-state index contributed by atoms with van der Waals surface area (Å²) in [5.41, 5.74) is 2.13. The van der Waals surface area contributed by atoms with Crippen LogP contribution in [-0.2, 0) is 0 Å². The number of para-hydroxylation sites is 1. The van der Waals surface area contributed by atoms with E-state index < -0.39 is 4.92 Å². The van der Waals surface area contributed by atoms with Crippen LogP contribution in [0.15, 0.2) is 69.9 Å². The van der Waals surface area contributed by atoms with Gasteiger partial charge in [0.1, 0.15) is 16.5 Å². The molecule has 0 amide bonds. The Morgan fingerprint density at radius 2 is 1.79 bits per heavy atom. The van der Waals surface area contributed by atoms with Crippen LogP contribution in [-0.4, -0.2) is 14.5 Å². The second-order valence-electron chi connectivity index (χ2n) is 6.23. The summed E-state index contributed by atoms with van der Waals surface area (Å²) in [5.74, 6) is 0.346. The summed E-state index contributed by atoms with van der Waals surface area (Å²) in [6.45, 7) is 1.97. The molecule has 0 fully saturated rings. The third-order valence-corrected chi connectivity index (χ3v) is 4.28. The molecule has 0 aliphatic carbocycles. The number of fused-ring (bicyclic) bond motifs is 1. The van der Waals surface area contributed by atoms with Crippen LogP contribution in [0.5, 0.6) is 0 Å². The smallest absolute Gasteiger partial charge is 0.401 e. The van der Waals surface area contributed by atoms with Crippen LogP contribution < -0.4 is 5.56 Å². The van der Waals surface area contributed by atoms with E-state index in [-0.39, 0.29) is 11.4 Å². The van der Waals surface area contributed by atoms with Gasteiger partial charge >= 0.3 is 5.88 Å². The van der Waals surface area contributed by atoms with Gasteiger partial charge in [0.15, 0.2) is 0 Å². The first kappa shape index (κ1) is 17.4. The molecule has 0 saturated carbocycles. The maximum absolute atomic E-state index is 13.1. The van der Waals surface area contributed by atoms with E-state index in [1.165, 1.54) is 16.7 Å². The van der Waals surface area contributed by atoms with Gasteiger partial charge in [-0.05, 0) is 49.4 Å². The fourth-order valence-electron chi connectivity index (χ4n) is 2.89. The Morgan fingerprint density at radius 1 is 1.04 bits per heavy atom. The van der Waals surface area contributed by atoms with E-state index in [0.29, 0.717) is 28.2 Å². The molecular weight excluding hydrogens is 358 g/mol. The second-order valence-corrected chi connectivity index (χ2v) is 6.23. The van der Waals surface area contributed by atoms with Gasteiger partial charge in [-0.15, -0.1) is 0 Å². The molecule has 0 saturated heterocycles. The largest absolute Gasteiger partial charge is 0.433 e. The molecule has 0 unspecified atom stereocenters. The van der Waals surface area contributed by atoms with E-state index in [1.807, 2.05) is 37.3 Å². The highest BCUT2D eigenvalue weighted by molar-refractivity contribution is 5.79. The quantitative estimate of drug-likeness (QED) is 0.391. The zero-order valence-electron chi connectivity index (χ0n) is 14.9. The number of hydrogen-bond acceptors (Lipinski definition) is 5. The van der Waals surface area contributed by atoms with Crippen molar-refractivity contribution in [1.82, 2.24) is 9.55 Å². The van der Waals surface area contributed by atoms with Gasteiger partial charge in [-0.1, -0.05) is 29.8 Å². The predicted molar refractivity (Wildman–Crippen MR) is 106 cm³/mol. The van der Waals surface area contributed by atoms with Crippen LogP contribution in [0.2, 0.25) is 0 Å². The molecule has 28 heavy (non-hydrogen) atoms. The average Bonchev–Trinajstić information content (AvgIpc) is 3.17. The van der Waals surface area contributed by atoms with E-state index in [9.17, 15) is 14.9 Å². The number of nitrogens with zero attached hydrogens (tertiary/aromatic N) is 3. The number of rotatable bonds is 4. The summed E-state index contributed by atoms with van der Waals surface area (Å²) in [4.78, 5) is 27.9. The zero-order valence-corrected chi connectivity index (χ0v) is 14.9. The maximum Gasteiger partial charge on any atom is 0.433 e. The molecule has 2 aromatic heterocycles. The minimum absolute atomic E-state index is 0.195. The summed E-state index contributed by atoms with van der Waals surface area (Å²) in [6.07, 6.45) is 3.16. The molecule has 2 heterocycles. The first-order chi connectivity index (χ1) is 13.5. The van der Waals surface area contributed by atoms with E-state index >= 15 is 0 Å². The highest BCUT2D eigenvalue weighted by atomic mass is 16.6. The molecule has 0 aliphatic rings. The molecule has 4 aromatic rings. The molecule has 7 heteroatoms. The molecule has 2 aromatic carbocycles. The van der Waals surface area contributed by atoms with Gasteiger partial charge in [0, 0.05) is 0 Å². The normalized spacial score (nSPS) is 11.3. The van der Waals surface area contributed by atoms with Crippen LogP contribution in [0.4, 0.5) is 5.88 Å². The summed E-state index contributed by atoms with van der Waals surface area (Å²) in [7, 11) is 0. The molecule has 0 N–H and O–H groups in total. The van der Waals surface area contributed by atoms with E-state index in [1.54, 1.807) is 30.4 Å². The molecule has 0 bridgehead atoms. The number of aromatic nitrogens is 2. The van der Waals surface area contributed by atoms with Crippen molar-refractivity contribution >= 4 is 28.9 Å². The minimum Gasteiger partial charge on any atom is -0.401 e. The van der Waals surface area contributed by atoms with Crippen molar-refractivity contribution < 1.29 is 9.34 Å². The maximum atomic E-state index is 13.1. The number of furan rings is 1. The number of aryl methyl sites for hydroxylation is 1. The van der Waals surface area contributed by atoms with Gasteiger partial charge in [0.2, 0.25) is 0 Å². The Balaban J connectivity index is 1.89. The Kier molecular flexibility index (Phi) is 4.33. The molecule has 0 atom stereocenters. The lowest BCUT2D eigenvalue weighted by Crippen LogP contribution is -2.22. The van der Waals surface area contributed by atoms with E-state index in [2.05, 4.69) is 4.98 Å². The molecule has 0 aliphatic heterocycles. The Hall–Kier alpha value is -4.00. The average molecular weight is 373 g/mol. The number of hydrogen-bond donors (Lipinski definition) is 0. The third kappa shape index (κ3) is 3.21. The summed E-state index contributed by atoms with van der Waals surface area (Å²) in [5, 5.41) is 11.3. The lowest BCUT2D eigenvalue weighted by molar-refractivity contribution is -0.402. The van der Waals surface area contributed by atoms with Gasteiger partial charge in [-0.3, -0.25) is 19.5 Å². The Morgan fingerprint density at radius 3 is 2.50 bits per heavy atom. The Bertz CT molecular complexity index is 1270. The second kappa shape index (κ2) is 6.96. The van der Waals surface area contributed by atoms with Gasteiger partial charge in [-0.2, -0.15) is 0 Å². The molecule has 4 rings (SSSR count). The Labute approximate surface area is 159 Å². The SMILES string of the molecule is Cc1ccc(-n2c(C=Cc3ccc([N+](=O)[O-])o3)nc3ccccc3c2=O)cc1. The van der Waals surface area contributed by atoms with E-state index in [0.717, 1.165) is 5.56 Å². The molecule has 138 valence electrons. The first-order valence-corrected chi connectivity index (χ1v) is 8.54. The lowest BCUT2D eigenvalue weighted by atomic mass is 10.2. The fraction of sp³-hybridized carbons (Fsp3) is 0.0476. The van der Waals surface area contributed by atoms with Crippen LogP contribution in [0.1, 0.15) is 17.1 Å². The van der Waals surface area contributed by atoms with Crippen molar-refractivity contribution in [2.75, 3.05) is 0 Å². The van der Waals surface area contributed by atoms with Gasteiger partial charge < -0.3 is 4.42 Å². The van der Waals surface area contributed by atoms with Gasteiger partial charge in [0.05, 0.1) is 22.7 Å². The van der Waals surface area contributed by atoms with Gasteiger partial charge in [0.25, 0.3) is 5.56 Å². The number of benzene rings is 2. The highest BCUT2D eigenvalue weighted by Crippen LogP contribution is 2.19. The van der Waals surface area contributed by atoms with Crippen molar-refractivity contribution in [3.63, 3.8) is 0 Å². The summed E-state index contributed by atoms with van der Waals surface area (Å²) < 4.78 is 6.65. The van der Waals surface area contributed by atoms with Crippen molar-refractivity contribution in [2.45, 2.75) is 6.92 Å². The van der Waals surface area contributed by atoms with Crippen molar-refractivity contribution in [3.05, 3.63) is 98.3 Å². The molecule has 7 nitrogen and oxygen atoms in total. The highest BCUT2D eigenvalue weighted by Gasteiger charge is 2.12. The third-order valence-electron chi connectivity index (χ3n) is 4.28. The number of nitro groups is 1. The van der Waals surface area contributed by atoms with Gasteiger partial charge in [-0.25, -0.2) is 4.98 Å². The van der Waals surface area contributed by atoms with Crippen LogP contribution >= 0.6 is 0 Å². The van der Waals surface area contributed by atoms with Crippen LogP contribution in [0, 0.1) is 17.0 Å². The fourth-order valence-corrected chi connectivity index (χ4v) is 2.89. The van der Waals surface area contributed by atoms with E-state index in [4.69, 9.17) is 4.42 Å². The molecule has 0 spiro atoms. The zero-order chi connectivity index (χ0) is 19.7.